The monoisotopic (exact) mass is 404 g/mol. The molecule has 3 rings (SSSR count). The van der Waals surface area contributed by atoms with E-state index in [2.05, 4.69) is 5.32 Å². The second-order valence-corrected chi connectivity index (χ2v) is 8.98. The lowest BCUT2D eigenvalue weighted by Gasteiger charge is -2.17. The van der Waals surface area contributed by atoms with E-state index in [9.17, 15) is 17.6 Å². The molecular formula is C21H25FN2O3S. The van der Waals surface area contributed by atoms with Gasteiger partial charge in [0, 0.05) is 25.2 Å². The van der Waals surface area contributed by atoms with Crippen molar-refractivity contribution in [3.05, 3.63) is 65.0 Å². The van der Waals surface area contributed by atoms with E-state index in [1.807, 2.05) is 0 Å². The summed E-state index contributed by atoms with van der Waals surface area (Å²) in [6, 6.07) is 11.1. The predicted octanol–water partition coefficient (Wildman–Crippen LogP) is 3.28. The Hall–Kier alpha value is -2.25. The van der Waals surface area contributed by atoms with Crippen LogP contribution in [-0.4, -0.2) is 38.3 Å². The number of benzene rings is 2. The lowest BCUT2D eigenvalue weighted by Crippen LogP contribution is -2.29. The number of carbonyl (C=O) groups excluding carboxylic acids is 1. The van der Waals surface area contributed by atoms with Crippen molar-refractivity contribution in [3.63, 3.8) is 0 Å². The largest absolute Gasteiger partial charge is 0.352 e. The maximum absolute atomic E-state index is 12.9. The van der Waals surface area contributed by atoms with Crippen LogP contribution in [0.15, 0.2) is 47.4 Å². The molecule has 2 aromatic carbocycles. The quantitative estimate of drug-likeness (QED) is 0.720. The molecule has 150 valence electrons. The zero-order valence-electron chi connectivity index (χ0n) is 15.9. The third-order valence-electron chi connectivity index (χ3n) is 4.97. The molecule has 0 aliphatic carbocycles. The van der Waals surface area contributed by atoms with Crippen molar-refractivity contribution in [2.24, 2.45) is 0 Å². The molecular weight excluding hydrogens is 379 g/mol. The first kappa shape index (κ1) is 20.5. The van der Waals surface area contributed by atoms with Crippen LogP contribution >= 0.6 is 0 Å². The molecule has 1 aliphatic heterocycles. The summed E-state index contributed by atoms with van der Waals surface area (Å²) in [4.78, 5) is 12.6. The van der Waals surface area contributed by atoms with E-state index in [0.29, 0.717) is 37.2 Å². The van der Waals surface area contributed by atoms with Gasteiger partial charge < -0.3 is 5.32 Å². The number of rotatable bonds is 7. The molecule has 1 fully saturated rings. The number of hydrogen-bond acceptors (Lipinski definition) is 3. The summed E-state index contributed by atoms with van der Waals surface area (Å²) in [5, 5.41) is 2.83. The summed E-state index contributed by atoms with van der Waals surface area (Å²) in [7, 11) is -3.57. The first-order valence-electron chi connectivity index (χ1n) is 9.51. The van der Waals surface area contributed by atoms with Crippen molar-refractivity contribution >= 4 is 15.9 Å². The highest BCUT2D eigenvalue weighted by molar-refractivity contribution is 7.89. The number of aryl methyl sites for hydroxylation is 2. The van der Waals surface area contributed by atoms with Crippen LogP contribution in [0.5, 0.6) is 0 Å². The van der Waals surface area contributed by atoms with Crippen LogP contribution in [0.4, 0.5) is 4.39 Å². The van der Waals surface area contributed by atoms with E-state index < -0.39 is 10.0 Å². The molecule has 0 saturated carbocycles. The second-order valence-electron chi connectivity index (χ2n) is 7.08. The first-order chi connectivity index (χ1) is 13.4. The van der Waals surface area contributed by atoms with Gasteiger partial charge in [0.15, 0.2) is 0 Å². The fraction of sp³-hybridized carbons (Fsp3) is 0.381. The van der Waals surface area contributed by atoms with E-state index in [0.717, 1.165) is 24.8 Å². The molecule has 5 nitrogen and oxygen atoms in total. The standard InChI is InChI=1S/C21H25FN2O3S/c1-16-6-9-18(15-20(16)28(26,27)24-13-2-3-14-24)21(25)23-12-4-5-17-7-10-19(22)11-8-17/h6-11,15H,2-5,12-14H2,1H3,(H,23,25). The minimum Gasteiger partial charge on any atom is -0.352 e. The van der Waals surface area contributed by atoms with Crippen LogP contribution in [0.2, 0.25) is 0 Å². The molecule has 1 N–H and O–H groups in total. The lowest BCUT2D eigenvalue weighted by molar-refractivity contribution is 0.0953. The van der Waals surface area contributed by atoms with Gasteiger partial charge in [-0.3, -0.25) is 4.79 Å². The second kappa shape index (κ2) is 8.84. The summed E-state index contributed by atoms with van der Waals surface area (Å²) in [5.41, 5.74) is 1.98. The fourth-order valence-electron chi connectivity index (χ4n) is 3.33. The van der Waals surface area contributed by atoms with Gasteiger partial charge in [0.25, 0.3) is 5.91 Å². The van der Waals surface area contributed by atoms with E-state index in [-0.39, 0.29) is 16.6 Å². The minimum atomic E-state index is -3.57. The van der Waals surface area contributed by atoms with E-state index in [1.54, 1.807) is 31.2 Å². The summed E-state index contributed by atoms with van der Waals surface area (Å²) in [5.74, 6) is -0.562. The molecule has 0 spiro atoms. The Bertz CT molecular complexity index is 937. The van der Waals surface area contributed by atoms with E-state index in [4.69, 9.17) is 0 Å². The van der Waals surface area contributed by atoms with Gasteiger partial charge >= 0.3 is 0 Å². The van der Waals surface area contributed by atoms with E-state index in [1.165, 1.54) is 22.5 Å². The zero-order valence-corrected chi connectivity index (χ0v) is 16.8. The van der Waals surface area contributed by atoms with Gasteiger partial charge in [-0.15, -0.1) is 0 Å². The summed E-state index contributed by atoms with van der Waals surface area (Å²) >= 11 is 0. The first-order valence-corrected chi connectivity index (χ1v) is 11.0. The van der Waals surface area contributed by atoms with Gasteiger partial charge in [-0.1, -0.05) is 18.2 Å². The summed E-state index contributed by atoms with van der Waals surface area (Å²) in [6.07, 6.45) is 3.17. The molecule has 0 radical (unpaired) electrons. The Morgan fingerprint density at radius 2 is 1.79 bits per heavy atom. The topological polar surface area (TPSA) is 66.5 Å². The molecule has 0 unspecified atom stereocenters. The van der Waals surface area contributed by atoms with Crippen molar-refractivity contribution in [2.45, 2.75) is 37.5 Å². The smallest absolute Gasteiger partial charge is 0.251 e. The van der Waals surface area contributed by atoms with Crippen LogP contribution in [0.3, 0.4) is 0 Å². The number of amides is 1. The van der Waals surface area contributed by atoms with Crippen LogP contribution in [0, 0.1) is 12.7 Å². The van der Waals surface area contributed by atoms with Crippen molar-refractivity contribution in [3.8, 4) is 0 Å². The van der Waals surface area contributed by atoms with Crippen LogP contribution in [-0.2, 0) is 16.4 Å². The Balaban J connectivity index is 1.61. The van der Waals surface area contributed by atoms with Crippen molar-refractivity contribution in [1.29, 1.82) is 0 Å². The highest BCUT2D eigenvalue weighted by Gasteiger charge is 2.29. The molecule has 1 amide bonds. The fourth-order valence-corrected chi connectivity index (χ4v) is 5.10. The summed E-state index contributed by atoms with van der Waals surface area (Å²) < 4.78 is 40.1. The third kappa shape index (κ3) is 4.77. The maximum Gasteiger partial charge on any atom is 0.251 e. The molecule has 7 heteroatoms. The van der Waals surface area contributed by atoms with Crippen LogP contribution in [0.1, 0.15) is 40.7 Å². The normalized spacial score (nSPS) is 14.9. The SMILES string of the molecule is Cc1ccc(C(=O)NCCCc2ccc(F)cc2)cc1S(=O)(=O)N1CCCC1. The minimum absolute atomic E-state index is 0.202. The van der Waals surface area contributed by atoms with Gasteiger partial charge in [0.05, 0.1) is 4.90 Å². The molecule has 1 aliphatic rings. The van der Waals surface area contributed by atoms with Crippen LogP contribution in [0.25, 0.3) is 0 Å². The number of halogens is 1. The lowest BCUT2D eigenvalue weighted by atomic mass is 10.1. The average molecular weight is 405 g/mol. The molecule has 0 aromatic heterocycles. The van der Waals surface area contributed by atoms with Crippen molar-refractivity contribution in [1.82, 2.24) is 9.62 Å². The zero-order chi connectivity index (χ0) is 20.1. The molecule has 0 bridgehead atoms. The summed E-state index contributed by atoms with van der Waals surface area (Å²) in [6.45, 7) is 3.26. The highest BCUT2D eigenvalue weighted by atomic mass is 32.2. The van der Waals surface area contributed by atoms with Gasteiger partial charge in [-0.2, -0.15) is 4.31 Å². The van der Waals surface area contributed by atoms with Gasteiger partial charge in [0.2, 0.25) is 10.0 Å². The Morgan fingerprint density at radius 1 is 1.11 bits per heavy atom. The Labute approximate surface area is 165 Å². The predicted molar refractivity (Wildman–Crippen MR) is 106 cm³/mol. The molecule has 1 heterocycles. The number of hydrogen-bond donors (Lipinski definition) is 1. The third-order valence-corrected chi connectivity index (χ3v) is 7.01. The van der Waals surface area contributed by atoms with Crippen LogP contribution < -0.4 is 5.32 Å². The molecule has 1 saturated heterocycles. The average Bonchev–Trinajstić information content (AvgIpc) is 3.22. The van der Waals surface area contributed by atoms with Crippen molar-refractivity contribution < 1.29 is 17.6 Å². The van der Waals surface area contributed by atoms with Gasteiger partial charge in [0.1, 0.15) is 5.82 Å². The number of nitrogens with zero attached hydrogens (tertiary/aromatic N) is 1. The van der Waals surface area contributed by atoms with E-state index >= 15 is 0 Å². The highest BCUT2D eigenvalue weighted by Crippen LogP contribution is 2.24. The van der Waals surface area contributed by atoms with Gasteiger partial charge in [-0.05, 0) is 68.0 Å². The molecule has 0 atom stereocenters. The molecule has 28 heavy (non-hydrogen) atoms. The van der Waals surface area contributed by atoms with Crippen molar-refractivity contribution in [2.75, 3.05) is 19.6 Å². The molecule has 2 aromatic rings. The Morgan fingerprint density at radius 3 is 2.46 bits per heavy atom. The Kier molecular flexibility index (Phi) is 6.46. The van der Waals surface area contributed by atoms with Gasteiger partial charge in [-0.25, -0.2) is 12.8 Å². The number of carbonyl (C=O) groups is 1. The number of sulfonamides is 1. The number of nitrogens with one attached hydrogen (secondary N) is 1. The maximum atomic E-state index is 12.9.